The van der Waals surface area contributed by atoms with Crippen molar-refractivity contribution < 1.29 is 0 Å². The fourth-order valence-corrected chi connectivity index (χ4v) is 7.64. The second-order valence-electron chi connectivity index (χ2n) is 13.0. The van der Waals surface area contributed by atoms with Crippen molar-refractivity contribution in [1.29, 1.82) is 0 Å². The highest BCUT2D eigenvalue weighted by Crippen LogP contribution is 2.43. The molecular formula is C48H32N4. The monoisotopic (exact) mass is 664 g/mol. The number of rotatable bonds is 6. The van der Waals surface area contributed by atoms with Gasteiger partial charge in [0.15, 0.2) is 0 Å². The van der Waals surface area contributed by atoms with Crippen molar-refractivity contribution in [3.63, 3.8) is 0 Å². The molecule has 3 heterocycles. The average molecular weight is 665 g/mol. The third kappa shape index (κ3) is 4.92. The highest BCUT2D eigenvalue weighted by atomic mass is 15.2. The molecule has 0 atom stereocenters. The van der Waals surface area contributed by atoms with Gasteiger partial charge in [0.1, 0.15) is 0 Å². The SMILES string of the molecule is c1ccc(-c2cc(-c3ccccc3)nc(-n3c(-c4ccccc4)c(-c4ccc(-n5c6ccccc6c6ccccc65)cc4)c4ccccc43)n2)cc1. The highest BCUT2D eigenvalue weighted by molar-refractivity contribution is 6.09. The summed E-state index contributed by atoms with van der Waals surface area (Å²) in [5.74, 6) is 0.628. The highest BCUT2D eigenvalue weighted by Gasteiger charge is 2.24. The fourth-order valence-electron chi connectivity index (χ4n) is 7.64. The van der Waals surface area contributed by atoms with Gasteiger partial charge in [-0.25, -0.2) is 9.97 Å². The van der Waals surface area contributed by atoms with Crippen molar-refractivity contribution in [2.45, 2.75) is 0 Å². The second-order valence-corrected chi connectivity index (χ2v) is 13.0. The van der Waals surface area contributed by atoms with Crippen molar-refractivity contribution in [2.75, 3.05) is 0 Å². The Hall–Kier alpha value is -7.04. The Morgan fingerprint density at radius 1 is 0.327 bits per heavy atom. The van der Waals surface area contributed by atoms with E-state index in [9.17, 15) is 0 Å². The molecule has 0 saturated heterocycles. The van der Waals surface area contributed by atoms with Crippen LogP contribution in [0.4, 0.5) is 0 Å². The molecule has 0 radical (unpaired) electrons. The van der Waals surface area contributed by atoms with Crippen LogP contribution in [0.15, 0.2) is 194 Å². The molecule has 0 bridgehead atoms. The first kappa shape index (κ1) is 29.8. The van der Waals surface area contributed by atoms with E-state index in [1.54, 1.807) is 0 Å². The lowest BCUT2D eigenvalue weighted by molar-refractivity contribution is 0.975. The Bertz CT molecular complexity index is 2760. The van der Waals surface area contributed by atoms with E-state index in [1.165, 1.54) is 21.8 Å². The van der Waals surface area contributed by atoms with Crippen molar-refractivity contribution in [3.8, 4) is 56.5 Å². The van der Waals surface area contributed by atoms with E-state index in [4.69, 9.17) is 9.97 Å². The number of nitrogens with zero attached hydrogens (tertiary/aromatic N) is 4. The second kappa shape index (κ2) is 12.4. The van der Waals surface area contributed by atoms with Crippen LogP contribution in [0, 0.1) is 0 Å². The molecule has 3 aromatic heterocycles. The van der Waals surface area contributed by atoms with Gasteiger partial charge in [-0.05, 0) is 47.5 Å². The Morgan fingerprint density at radius 2 is 0.750 bits per heavy atom. The predicted octanol–water partition coefficient (Wildman–Crippen LogP) is 12.2. The molecular weight excluding hydrogens is 633 g/mol. The Labute approximate surface area is 301 Å². The number of para-hydroxylation sites is 3. The zero-order valence-corrected chi connectivity index (χ0v) is 28.3. The van der Waals surface area contributed by atoms with Crippen LogP contribution in [0.2, 0.25) is 0 Å². The summed E-state index contributed by atoms with van der Waals surface area (Å²) in [6.45, 7) is 0. The lowest BCUT2D eigenvalue weighted by atomic mass is 9.98. The minimum absolute atomic E-state index is 0.628. The quantitative estimate of drug-likeness (QED) is 0.177. The van der Waals surface area contributed by atoms with Crippen LogP contribution in [-0.2, 0) is 0 Å². The summed E-state index contributed by atoms with van der Waals surface area (Å²) in [6, 6.07) is 68.4. The van der Waals surface area contributed by atoms with Gasteiger partial charge in [-0.3, -0.25) is 4.57 Å². The smallest absolute Gasteiger partial charge is 0.235 e. The molecule has 244 valence electrons. The molecule has 4 nitrogen and oxygen atoms in total. The molecule has 0 amide bonds. The van der Waals surface area contributed by atoms with Crippen LogP contribution < -0.4 is 0 Å². The topological polar surface area (TPSA) is 35.6 Å². The molecule has 0 spiro atoms. The minimum Gasteiger partial charge on any atom is -0.309 e. The average Bonchev–Trinajstić information content (AvgIpc) is 3.75. The van der Waals surface area contributed by atoms with E-state index < -0.39 is 0 Å². The van der Waals surface area contributed by atoms with Crippen molar-refractivity contribution in [1.82, 2.24) is 19.1 Å². The van der Waals surface area contributed by atoms with E-state index in [0.29, 0.717) is 5.95 Å². The van der Waals surface area contributed by atoms with Crippen LogP contribution in [0.25, 0.3) is 89.2 Å². The maximum atomic E-state index is 5.30. The van der Waals surface area contributed by atoms with E-state index in [0.717, 1.165) is 61.5 Å². The molecule has 0 unspecified atom stereocenters. The van der Waals surface area contributed by atoms with Gasteiger partial charge in [-0.15, -0.1) is 0 Å². The van der Waals surface area contributed by atoms with E-state index >= 15 is 0 Å². The molecule has 0 N–H and O–H groups in total. The van der Waals surface area contributed by atoms with Crippen molar-refractivity contribution in [3.05, 3.63) is 194 Å². The maximum Gasteiger partial charge on any atom is 0.235 e. The van der Waals surface area contributed by atoms with Crippen molar-refractivity contribution in [2.24, 2.45) is 0 Å². The number of fused-ring (bicyclic) bond motifs is 4. The van der Waals surface area contributed by atoms with Gasteiger partial charge < -0.3 is 4.57 Å². The van der Waals surface area contributed by atoms with Crippen LogP contribution in [0.3, 0.4) is 0 Å². The van der Waals surface area contributed by atoms with E-state index in [1.807, 2.05) is 12.1 Å². The van der Waals surface area contributed by atoms with E-state index in [2.05, 4.69) is 191 Å². The Kier molecular flexibility index (Phi) is 7.10. The number of hydrogen-bond donors (Lipinski definition) is 0. The molecule has 52 heavy (non-hydrogen) atoms. The minimum atomic E-state index is 0.628. The molecule has 0 aliphatic heterocycles. The standard InChI is InChI=1S/C48H32N4/c1-4-16-33(17-5-1)41-32-42(34-18-6-2-7-19-34)50-48(49-41)52-45-27-15-12-24-40(45)46(47(52)36-20-8-3-9-21-36)35-28-30-37(31-29-35)51-43-25-13-10-22-38(43)39-23-11-14-26-44(39)51/h1-32H. The number of hydrogen-bond acceptors (Lipinski definition) is 2. The zero-order valence-electron chi connectivity index (χ0n) is 28.3. The summed E-state index contributed by atoms with van der Waals surface area (Å²) >= 11 is 0. The molecule has 4 heteroatoms. The molecule has 0 fully saturated rings. The Balaban J connectivity index is 1.23. The van der Waals surface area contributed by atoms with Gasteiger partial charge in [0.2, 0.25) is 5.95 Å². The normalized spacial score (nSPS) is 11.5. The summed E-state index contributed by atoms with van der Waals surface area (Å²) in [7, 11) is 0. The van der Waals surface area contributed by atoms with Gasteiger partial charge in [-0.1, -0.05) is 158 Å². The summed E-state index contributed by atoms with van der Waals surface area (Å²) in [5, 5.41) is 3.65. The van der Waals surface area contributed by atoms with Crippen LogP contribution in [-0.4, -0.2) is 19.1 Å². The van der Waals surface area contributed by atoms with Crippen LogP contribution in [0.5, 0.6) is 0 Å². The summed E-state index contributed by atoms with van der Waals surface area (Å²) in [4.78, 5) is 10.6. The predicted molar refractivity (Wildman–Crippen MR) is 215 cm³/mol. The zero-order chi connectivity index (χ0) is 34.4. The Morgan fingerprint density at radius 3 is 1.27 bits per heavy atom. The van der Waals surface area contributed by atoms with Gasteiger partial charge in [0, 0.05) is 38.5 Å². The largest absolute Gasteiger partial charge is 0.309 e. The number of aromatic nitrogens is 4. The lowest BCUT2D eigenvalue weighted by Crippen LogP contribution is -2.05. The van der Waals surface area contributed by atoms with Gasteiger partial charge in [0.25, 0.3) is 0 Å². The van der Waals surface area contributed by atoms with Gasteiger partial charge in [-0.2, -0.15) is 0 Å². The number of benzene rings is 7. The molecule has 10 aromatic rings. The third-order valence-corrected chi connectivity index (χ3v) is 9.97. The first-order chi connectivity index (χ1) is 25.8. The van der Waals surface area contributed by atoms with E-state index in [-0.39, 0.29) is 0 Å². The lowest BCUT2D eigenvalue weighted by Gasteiger charge is -2.15. The molecule has 10 rings (SSSR count). The molecule has 0 aliphatic rings. The first-order valence-corrected chi connectivity index (χ1v) is 17.6. The fraction of sp³-hybridized carbons (Fsp3) is 0. The van der Waals surface area contributed by atoms with Gasteiger partial charge in [0.05, 0.1) is 33.6 Å². The summed E-state index contributed by atoms with van der Waals surface area (Å²) in [6.07, 6.45) is 0. The molecule has 7 aromatic carbocycles. The van der Waals surface area contributed by atoms with Crippen LogP contribution >= 0.6 is 0 Å². The summed E-state index contributed by atoms with van der Waals surface area (Å²) < 4.78 is 4.61. The third-order valence-electron chi connectivity index (χ3n) is 9.97. The van der Waals surface area contributed by atoms with Crippen LogP contribution in [0.1, 0.15) is 0 Å². The summed E-state index contributed by atoms with van der Waals surface area (Å²) in [5.41, 5.74) is 12.8. The van der Waals surface area contributed by atoms with Gasteiger partial charge >= 0.3 is 0 Å². The maximum absolute atomic E-state index is 5.30. The molecule has 0 aliphatic carbocycles. The first-order valence-electron chi connectivity index (χ1n) is 17.6. The molecule has 0 saturated carbocycles. The van der Waals surface area contributed by atoms with Crippen molar-refractivity contribution >= 4 is 32.7 Å².